The van der Waals surface area contributed by atoms with Crippen molar-refractivity contribution < 1.29 is 24.0 Å². The molecule has 0 N–H and O–H groups in total. The molecule has 0 bridgehead atoms. The van der Waals surface area contributed by atoms with Gasteiger partial charge in [-0.3, -0.25) is 10.1 Å². The number of unbranched alkanes of at least 4 members (excludes halogenated alkanes) is 14. The summed E-state index contributed by atoms with van der Waals surface area (Å²) in [6.07, 6.45) is 22.8. The van der Waals surface area contributed by atoms with E-state index in [0.717, 1.165) is 24.2 Å². The molecule has 5 aromatic rings. The Morgan fingerprint density at radius 1 is 0.444 bits per heavy atom. The Balaban J connectivity index is 1.09. The number of nitro groups is 1. The first-order valence-corrected chi connectivity index (χ1v) is 22.8. The van der Waals surface area contributed by atoms with Crippen LogP contribution in [0.1, 0.15) is 148 Å². The van der Waals surface area contributed by atoms with Crippen LogP contribution >= 0.6 is 0 Å². The molecule has 5 rings (SSSR count). The molecule has 5 aromatic carbocycles. The molecule has 0 saturated heterocycles. The van der Waals surface area contributed by atoms with E-state index in [2.05, 4.69) is 58.6 Å². The van der Waals surface area contributed by atoms with E-state index in [9.17, 15) is 19.7 Å². The van der Waals surface area contributed by atoms with Gasteiger partial charge in [0, 0.05) is 0 Å². The molecular weight excluding hydrogens is 791 g/mol. The SMILES string of the molecule is CCCCCCCCCCc1ccc(N=Nc2ccc(OC(=O)c3cccc(C(=O)Oc4ccc(N=Nc5ccc(CCCCCCCCCC)cc5)cc4)c3[N+](=O)[O-])cc2)cc1. The molecule has 0 saturated carbocycles. The Kier molecular flexibility index (Phi) is 20.3. The number of benzene rings is 5. The number of hydrogen-bond acceptors (Lipinski definition) is 10. The van der Waals surface area contributed by atoms with Crippen molar-refractivity contribution in [2.45, 2.75) is 129 Å². The predicted molar refractivity (Wildman–Crippen MR) is 250 cm³/mol. The van der Waals surface area contributed by atoms with Gasteiger partial charge in [0.05, 0.1) is 27.7 Å². The minimum Gasteiger partial charge on any atom is -0.423 e. The molecule has 11 heteroatoms. The molecule has 0 aliphatic carbocycles. The van der Waals surface area contributed by atoms with Crippen LogP contribution in [0.5, 0.6) is 11.5 Å². The van der Waals surface area contributed by atoms with Crippen LogP contribution in [0.4, 0.5) is 28.4 Å². The molecule has 0 spiro atoms. The van der Waals surface area contributed by atoms with Gasteiger partial charge in [-0.2, -0.15) is 20.5 Å². The van der Waals surface area contributed by atoms with Gasteiger partial charge in [0.1, 0.15) is 22.6 Å². The van der Waals surface area contributed by atoms with Gasteiger partial charge in [-0.25, -0.2) is 9.59 Å². The summed E-state index contributed by atoms with van der Waals surface area (Å²) in [5, 5.41) is 29.4. The van der Waals surface area contributed by atoms with Crippen LogP contribution < -0.4 is 9.47 Å². The van der Waals surface area contributed by atoms with Gasteiger partial charge in [0.2, 0.25) is 0 Å². The number of ether oxygens (including phenoxy) is 2. The summed E-state index contributed by atoms with van der Waals surface area (Å²) in [6.45, 7) is 4.48. The lowest BCUT2D eigenvalue weighted by atomic mass is 10.0. The smallest absolute Gasteiger partial charge is 0.350 e. The largest absolute Gasteiger partial charge is 0.423 e. The third-order valence-electron chi connectivity index (χ3n) is 10.8. The lowest BCUT2D eigenvalue weighted by molar-refractivity contribution is -0.385. The molecule has 0 aliphatic heterocycles. The average molecular weight is 852 g/mol. The van der Waals surface area contributed by atoms with Gasteiger partial charge in [0.15, 0.2) is 0 Å². The standard InChI is InChI=1S/C52H61N5O6/c1-3-5-7-9-11-13-15-17-20-40-24-28-42(29-25-40)53-55-44-32-36-46(37-33-44)62-51(58)48-22-19-23-49(50(48)57(60)61)52(59)63-47-38-34-45(35-39-47)56-54-43-30-26-41(27-31-43)21-18-16-14-12-10-8-6-4-2/h19,22-39H,3-18,20-21H2,1-2H3. The van der Waals surface area contributed by atoms with Gasteiger partial charge in [-0.15, -0.1) is 0 Å². The van der Waals surface area contributed by atoms with Crippen LogP contribution in [-0.4, -0.2) is 16.9 Å². The minimum absolute atomic E-state index is 0.134. The number of hydrogen-bond donors (Lipinski definition) is 0. The van der Waals surface area contributed by atoms with E-state index in [0.29, 0.717) is 11.4 Å². The summed E-state index contributed by atoms with van der Waals surface area (Å²) >= 11 is 0. The molecule has 0 aliphatic rings. The molecule has 11 nitrogen and oxygen atoms in total. The maximum Gasteiger partial charge on any atom is 0.350 e. The van der Waals surface area contributed by atoms with Crippen molar-refractivity contribution in [1.29, 1.82) is 0 Å². The summed E-state index contributed by atoms with van der Waals surface area (Å²) in [5.41, 5.74) is 3.51. The maximum atomic E-state index is 13.2. The molecule has 0 aromatic heterocycles. The van der Waals surface area contributed by atoms with Crippen LogP contribution in [0.2, 0.25) is 0 Å². The van der Waals surface area contributed by atoms with Crippen molar-refractivity contribution in [1.82, 2.24) is 0 Å². The minimum atomic E-state index is -1.01. The fourth-order valence-corrected chi connectivity index (χ4v) is 7.17. The topological polar surface area (TPSA) is 145 Å². The average Bonchev–Trinajstić information content (AvgIpc) is 3.30. The van der Waals surface area contributed by atoms with Crippen molar-refractivity contribution in [2.75, 3.05) is 0 Å². The Morgan fingerprint density at radius 3 is 1.06 bits per heavy atom. The van der Waals surface area contributed by atoms with Crippen LogP contribution in [0.25, 0.3) is 0 Å². The lowest BCUT2D eigenvalue weighted by Crippen LogP contribution is -2.16. The maximum absolute atomic E-state index is 13.2. The van der Waals surface area contributed by atoms with Gasteiger partial charge < -0.3 is 9.47 Å². The Bertz CT molecular complexity index is 2070. The number of aryl methyl sites for hydroxylation is 2. The molecule has 0 radical (unpaired) electrons. The zero-order valence-electron chi connectivity index (χ0n) is 36.9. The Morgan fingerprint density at radius 2 is 0.746 bits per heavy atom. The van der Waals surface area contributed by atoms with Crippen molar-refractivity contribution in [3.8, 4) is 11.5 Å². The summed E-state index contributed by atoms with van der Waals surface area (Å²) in [6, 6.07) is 32.4. The van der Waals surface area contributed by atoms with Crippen molar-refractivity contribution in [3.63, 3.8) is 0 Å². The van der Waals surface area contributed by atoms with Crippen molar-refractivity contribution in [3.05, 3.63) is 148 Å². The Labute approximate surface area is 372 Å². The number of esters is 2. The monoisotopic (exact) mass is 851 g/mol. The molecule has 63 heavy (non-hydrogen) atoms. The first kappa shape index (κ1) is 47.7. The van der Waals surface area contributed by atoms with Gasteiger partial charge in [-0.1, -0.05) is 134 Å². The van der Waals surface area contributed by atoms with E-state index in [1.807, 2.05) is 24.3 Å². The van der Waals surface area contributed by atoms with Crippen LogP contribution in [0, 0.1) is 10.1 Å². The van der Waals surface area contributed by atoms with E-state index in [4.69, 9.17) is 9.47 Å². The number of carbonyl (C=O) groups is 2. The third kappa shape index (κ3) is 16.8. The number of carbonyl (C=O) groups excluding carboxylic acids is 2. The molecule has 0 atom stereocenters. The molecule has 0 unspecified atom stereocenters. The highest BCUT2D eigenvalue weighted by Gasteiger charge is 2.30. The van der Waals surface area contributed by atoms with Crippen LogP contribution in [-0.2, 0) is 12.8 Å². The van der Waals surface area contributed by atoms with Gasteiger partial charge in [0.25, 0.3) is 5.69 Å². The highest BCUT2D eigenvalue weighted by molar-refractivity contribution is 6.03. The molecule has 0 fully saturated rings. The fraction of sp³-hybridized carbons (Fsp3) is 0.385. The van der Waals surface area contributed by atoms with Gasteiger partial charge in [-0.05, 0) is 122 Å². The molecule has 0 heterocycles. The molecular formula is C52H61N5O6. The van der Waals surface area contributed by atoms with E-state index in [1.54, 1.807) is 24.3 Å². The van der Waals surface area contributed by atoms with E-state index in [-0.39, 0.29) is 11.5 Å². The van der Waals surface area contributed by atoms with Crippen LogP contribution in [0.15, 0.2) is 136 Å². The number of azo groups is 2. The van der Waals surface area contributed by atoms with Crippen molar-refractivity contribution in [2.24, 2.45) is 20.5 Å². The van der Waals surface area contributed by atoms with E-state index >= 15 is 0 Å². The second kappa shape index (κ2) is 26.9. The van der Waals surface area contributed by atoms with Crippen LogP contribution in [0.3, 0.4) is 0 Å². The first-order chi connectivity index (χ1) is 30.8. The number of para-hydroxylation sites is 1. The molecule has 0 amide bonds. The highest BCUT2D eigenvalue weighted by Crippen LogP contribution is 2.29. The summed E-state index contributed by atoms with van der Waals surface area (Å²) in [4.78, 5) is 37.9. The summed E-state index contributed by atoms with van der Waals surface area (Å²) in [7, 11) is 0. The summed E-state index contributed by atoms with van der Waals surface area (Å²) in [5.74, 6) is -1.75. The number of nitro benzene ring substituents is 1. The van der Waals surface area contributed by atoms with Crippen molar-refractivity contribution >= 4 is 40.4 Å². The van der Waals surface area contributed by atoms with E-state index < -0.39 is 33.7 Å². The van der Waals surface area contributed by atoms with Gasteiger partial charge >= 0.3 is 11.9 Å². The number of nitrogens with zero attached hydrogens (tertiary/aromatic N) is 5. The first-order valence-electron chi connectivity index (χ1n) is 22.8. The molecule has 330 valence electrons. The lowest BCUT2D eigenvalue weighted by Gasteiger charge is -2.09. The predicted octanol–water partition coefficient (Wildman–Crippen LogP) is 16.2. The highest BCUT2D eigenvalue weighted by atomic mass is 16.6. The fourth-order valence-electron chi connectivity index (χ4n) is 7.17. The Hall–Kier alpha value is -6.36. The zero-order chi connectivity index (χ0) is 44.5. The number of rotatable bonds is 27. The normalized spacial score (nSPS) is 11.3. The third-order valence-corrected chi connectivity index (χ3v) is 10.8. The second-order valence-corrected chi connectivity index (χ2v) is 15.9. The summed E-state index contributed by atoms with van der Waals surface area (Å²) < 4.78 is 10.9. The second-order valence-electron chi connectivity index (χ2n) is 15.9. The van der Waals surface area contributed by atoms with E-state index in [1.165, 1.54) is 156 Å². The zero-order valence-corrected chi connectivity index (χ0v) is 36.9. The quantitative estimate of drug-likeness (QED) is 0.0128.